The van der Waals surface area contributed by atoms with Crippen LogP contribution in [0, 0.1) is 6.92 Å². The van der Waals surface area contributed by atoms with Gasteiger partial charge < -0.3 is 5.32 Å². The summed E-state index contributed by atoms with van der Waals surface area (Å²) < 4.78 is 3.66. The van der Waals surface area contributed by atoms with Gasteiger partial charge in [-0.1, -0.05) is 38.1 Å². The molecule has 1 N–H and O–H groups in total. The van der Waals surface area contributed by atoms with Gasteiger partial charge in [0.1, 0.15) is 0 Å². The minimum Gasteiger partial charge on any atom is -0.352 e. The molecule has 0 aliphatic rings. The maximum atomic E-state index is 12.9. The Morgan fingerprint density at radius 3 is 2.59 bits per heavy atom. The third-order valence-electron chi connectivity index (χ3n) is 5.39. The van der Waals surface area contributed by atoms with Crippen molar-refractivity contribution in [1.82, 2.24) is 29.9 Å². The molecule has 0 unspecified atom stereocenters. The van der Waals surface area contributed by atoms with E-state index in [1.165, 1.54) is 5.56 Å². The Hall–Kier alpha value is -3.74. The molecule has 7 heteroatoms. The van der Waals surface area contributed by atoms with Gasteiger partial charge in [0.25, 0.3) is 5.91 Å². The molecule has 1 amide bonds. The number of para-hydroxylation sites is 1. The van der Waals surface area contributed by atoms with Crippen molar-refractivity contribution in [2.75, 3.05) is 6.54 Å². The molecule has 7 nitrogen and oxygen atoms in total. The number of aryl methyl sites for hydroxylation is 2. The summed E-state index contributed by atoms with van der Waals surface area (Å²) in [6, 6.07) is 15.7. The first-order valence-corrected chi connectivity index (χ1v) is 10.9. The highest BCUT2D eigenvalue weighted by Gasteiger charge is 2.21. The van der Waals surface area contributed by atoms with Crippen molar-refractivity contribution < 1.29 is 4.79 Å². The van der Waals surface area contributed by atoms with Crippen molar-refractivity contribution in [2.45, 2.75) is 39.5 Å². The molecule has 0 fully saturated rings. The highest BCUT2D eigenvalue weighted by atomic mass is 16.1. The van der Waals surface area contributed by atoms with Gasteiger partial charge in [0.15, 0.2) is 5.82 Å². The number of aromatic nitrogens is 5. The quantitative estimate of drug-likeness (QED) is 0.426. The van der Waals surface area contributed by atoms with Crippen LogP contribution in [-0.2, 0) is 6.42 Å². The number of carbonyl (C=O) groups excluding carboxylic acids is 1. The maximum absolute atomic E-state index is 12.9. The Labute approximate surface area is 188 Å². The molecule has 0 saturated heterocycles. The molecule has 4 rings (SSSR count). The molecular formula is C25H28N6O. The molecule has 0 saturated carbocycles. The number of benzene rings is 1. The summed E-state index contributed by atoms with van der Waals surface area (Å²) >= 11 is 0. The minimum atomic E-state index is -0.104. The standard InChI is InChI=1S/C25H28N6O/c1-18(2)24-22(16-28-31(24)23-13-7-8-14-26-23)25(32)27-15-9-10-20-17-30(29-19(20)3)21-11-5-4-6-12-21/h4-8,11-14,16-18H,9-10,15H2,1-3H3,(H,27,32). The van der Waals surface area contributed by atoms with Crippen molar-refractivity contribution in [1.29, 1.82) is 0 Å². The van der Waals surface area contributed by atoms with Gasteiger partial charge in [0.2, 0.25) is 0 Å². The lowest BCUT2D eigenvalue weighted by Crippen LogP contribution is -2.26. The molecule has 164 valence electrons. The Morgan fingerprint density at radius 2 is 1.88 bits per heavy atom. The molecule has 3 heterocycles. The Morgan fingerprint density at radius 1 is 1.09 bits per heavy atom. The molecule has 0 aliphatic carbocycles. The van der Waals surface area contributed by atoms with Crippen LogP contribution in [0.4, 0.5) is 0 Å². The summed E-state index contributed by atoms with van der Waals surface area (Å²) in [5.41, 5.74) is 4.70. The predicted octanol–water partition coefficient (Wildman–Crippen LogP) is 4.25. The molecule has 4 aromatic rings. The van der Waals surface area contributed by atoms with Crippen molar-refractivity contribution in [2.24, 2.45) is 0 Å². The fourth-order valence-corrected chi connectivity index (χ4v) is 3.78. The first kappa shape index (κ1) is 21.5. The van der Waals surface area contributed by atoms with E-state index in [0.29, 0.717) is 17.9 Å². The van der Waals surface area contributed by atoms with Gasteiger partial charge in [0.05, 0.1) is 28.8 Å². The van der Waals surface area contributed by atoms with E-state index in [0.717, 1.165) is 29.9 Å². The zero-order chi connectivity index (χ0) is 22.5. The van der Waals surface area contributed by atoms with Crippen LogP contribution in [0.2, 0.25) is 0 Å². The number of hydrogen-bond donors (Lipinski definition) is 1. The Balaban J connectivity index is 1.38. The lowest BCUT2D eigenvalue weighted by molar-refractivity contribution is 0.0952. The number of hydrogen-bond acceptors (Lipinski definition) is 4. The summed E-state index contributed by atoms with van der Waals surface area (Å²) in [4.78, 5) is 17.2. The van der Waals surface area contributed by atoms with E-state index < -0.39 is 0 Å². The highest BCUT2D eigenvalue weighted by molar-refractivity contribution is 5.95. The normalized spacial score (nSPS) is 11.1. The van der Waals surface area contributed by atoms with Crippen molar-refractivity contribution in [3.8, 4) is 11.5 Å². The summed E-state index contributed by atoms with van der Waals surface area (Å²) in [7, 11) is 0. The van der Waals surface area contributed by atoms with Crippen molar-refractivity contribution >= 4 is 5.91 Å². The second-order valence-electron chi connectivity index (χ2n) is 8.08. The first-order chi connectivity index (χ1) is 15.5. The average molecular weight is 429 g/mol. The molecule has 0 spiro atoms. The minimum absolute atomic E-state index is 0.104. The summed E-state index contributed by atoms with van der Waals surface area (Å²) in [6.07, 6.45) is 7.11. The van der Waals surface area contributed by atoms with E-state index in [-0.39, 0.29) is 11.8 Å². The average Bonchev–Trinajstić information content (AvgIpc) is 3.42. The van der Waals surface area contributed by atoms with E-state index >= 15 is 0 Å². The molecular weight excluding hydrogens is 400 g/mol. The molecule has 0 bridgehead atoms. The molecule has 32 heavy (non-hydrogen) atoms. The number of rotatable bonds is 8. The van der Waals surface area contributed by atoms with Gasteiger partial charge in [-0.25, -0.2) is 14.3 Å². The topological polar surface area (TPSA) is 77.6 Å². The summed E-state index contributed by atoms with van der Waals surface area (Å²) in [5.74, 6) is 0.737. The van der Waals surface area contributed by atoms with Crippen LogP contribution in [-0.4, -0.2) is 37.0 Å². The molecule has 0 radical (unpaired) electrons. The predicted molar refractivity (Wildman–Crippen MR) is 124 cm³/mol. The fraction of sp³-hybridized carbons (Fsp3) is 0.280. The third kappa shape index (κ3) is 4.61. The maximum Gasteiger partial charge on any atom is 0.254 e. The van der Waals surface area contributed by atoms with Crippen molar-refractivity contribution in [3.05, 3.63) is 89.6 Å². The SMILES string of the molecule is Cc1nn(-c2ccccc2)cc1CCCNC(=O)c1cnn(-c2ccccn2)c1C(C)C. The Bertz CT molecular complexity index is 1180. The highest BCUT2D eigenvalue weighted by Crippen LogP contribution is 2.22. The Kier molecular flexibility index (Phi) is 6.44. The summed E-state index contributed by atoms with van der Waals surface area (Å²) in [5, 5.41) is 12.1. The van der Waals surface area contributed by atoms with Crippen LogP contribution in [0.1, 0.15) is 53.5 Å². The van der Waals surface area contributed by atoms with Crippen LogP contribution in [0.25, 0.3) is 11.5 Å². The van der Waals surface area contributed by atoms with Crippen molar-refractivity contribution in [3.63, 3.8) is 0 Å². The molecule has 0 atom stereocenters. The zero-order valence-electron chi connectivity index (χ0n) is 18.7. The first-order valence-electron chi connectivity index (χ1n) is 10.9. The van der Waals surface area contributed by atoms with Gasteiger partial charge in [-0.2, -0.15) is 10.2 Å². The third-order valence-corrected chi connectivity index (χ3v) is 5.39. The van der Waals surface area contributed by atoms with E-state index in [1.54, 1.807) is 17.1 Å². The van der Waals surface area contributed by atoms with Gasteiger partial charge >= 0.3 is 0 Å². The van der Waals surface area contributed by atoms with Crippen LogP contribution in [0.3, 0.4) is 0 Å². The van der Waals surface area contributed by atoms with Crippen LogP contribution in [0.5, 0.6) is 0 Å². The lowest BCUT2D eigenvalue weighted by Gasteiger charge is -2.12. The second kappa shape index (κ2) is 9.60. The number of carbonyl (C=O) groups is 1. The van der Waals surface area contributed by atoms with Gasteiger partial charge in [0, 0.05) is 18.9 Å². The largest absolute Gasteiger partial charge is 0.352 e. The molecule has 0 aliphatic heterocycles. The number of amides is 1. The molecule has 3 aromatic heterocycles. The van der Waals surface area contributed by atoms with Gasteiger partial charge in [-0.3, -0.25) is 4.79 Å². The fourth-order valence-electron chi connectivity index (χ4n) is 3.78. The van der Waals surface area contributed by atoms with E-state index in [2.05, 4.69) is 40.5 Å². The monoisotopic (exact) mass is 428 g/mol. The smallest absolute Gasteiger partial charge is 0.254 e. The van der Waals surface area contributed by atoms with Crippen LogP contribution in [0.15, 0.2) is 67.1 Å². The van der Waals surface area contributed by atoms with Gasteiger partial charge in [-0.15, -0.1) is 0 Å². The number of nitrogens with one attached hydrogen (secondary N) is 1. The van der Waals surface area contributed by atoms with Gasteiger partial charge in [-0.05, 0) is 55.5 Å². The van der Waals surface area contributed by atoms with E-state index in [1.807, 2.05) is 60.1 Å². The summed E-state index contributed by atoms with van der Waals surface area (Å²) in [6.45, 7) is 6.72. The van der Waals surface area contributed by atoms with E-state index in [9.17, 15) is 4.79 Å². The molecule has 1 aromatic carbocycles. The van der Waals surface area contributed by atoms with E-state index in [4.69, 9.17) is 0 Å². The van der Waals surface area contributed by atoms with Crippen LogP contribution >= 0.6 is 0 Å². The number of nitrogens with zero attached hydrogens (tertiary/aromatic N) is 5. The zero-order valence-corrected chi connectivity index (χ0v) is 18.7. The second-order valence-corrected chi connectivity index (χ2v) is 8.08. The number of pyridine rings is 1. The lowest BCUT2D eigenvalue weighted by atomic mass is 10.1. The van der Waals surface area contributed by atoms with Crippen LogP contribution < -0.4 is 5.32 Å².